The molecule has 0 radical (unpaired) electrons. The zero-order valence-electron chi connectivity index (χ0n) is 10.6. The molecule has 3 nitrogen and oxygen atoms in total. The lowest BCUT2D eigenvalue weighted by Gasteiger charge is -2.21. The van der Waals surface area contributed by atoms with Crippen molar-refractivity contribution in [3.63, 3.8) is 0 Å². The number of anilines is 2. The zero-order chi connectivity index (χ0) is 14.0. The average Bonchev–Trinajstić information content (AvgIpc) is 2.74. The molecule has 0 saturated carbocycles. The summed E-state index contributed by atoms with van der Waals surface area (Å²) in [7, 11) is 3.35. The largest absolute Gasteiger partial charge is 0.494 e. The van der Waals surface area contributed by atoms with Gasteiger partial charge >= 0.3 is 0 Å². The monoisotopic (exact) mass is 344 g/mol. The summed E-state index contributed by atoms with van der Waals surface area (Å²) < 4.78 is 19.5. The maximum Gasteiger partial charge on any atom is 0.167 e. The summed E-state index contributed by atoms with van der Waals surface area (Å²) in [5, 5.41) is 2.03. The van der Waals surface area contributed by atoms with Crippen molar-refractivity contribution in [1.29, 1.82) is 0 Å². The molecule has 0 aliphatic carbocycles. The maximum atomic E-state index is 13.5. The van der Waals surface area contributed by atoms with Crippen LogP contribution in [0.2, 0.25) is 0 Å². The lowest BCUT2D eigenvalue weighted by molar-refractivity contribution is 0.387. The molecule has 0 bridgehead atoms. The Kier molecular flexibility index (Phi) is 4.31. The molecule has 2 rings (SSSR count). The lowest BCUT2D eigenvalue weighted by Crippen LogP contribution is -2.17. The quantitative estimate of drug-likeness (QED) is 0.855. The number of nitrogen functional groups attached to an aromatic ring is 1. The summed E-state index contributed by atoms with van der Waals surface area (Å²) in [5.74, 6) is -0.251. The summed E-state index contributed by atoms with van der Waals surface area (Å²) >= 11 is 5.08. The Balaban J connectivity index is 2.25. The van der Waals surface area contributed by atoms with E-state index >= 15 is 0 Å². The molecule has 1 aromatic carbocycles. The topological polar surface area (TPSA) is 38.5 Å². The van der Waals surface area contributed by atoms with Crippen LogP contribution in [0.4, 0.5) is 15.8 Å². The Bertz CT molecular complexity index is 588. The van der Waals surface area contributed by atoms with E-state index in [9.17, 15) is 4.39 Å². The third kappa shape index (κ3) is 3.19. The fourth-order valence-corrected chi connectivity index (χ4v) is 3.30. The number of benzene rings is 1. The van der Waals surface area contributed by atoms with Crippen LogP contribution in [0.3, 0.4) is 0 Å². The number of nitrogens with two attached hydrogens (primary N) is 1. The molecular weight excluding hydrogens is 331 g/mol. The summed E-state index contributed by atoms with van der Waals surface area (Å²) in [4.78, 5) is 3.16. The van der Waals surface area contributed by atoms with Gasteiger partial charge in [-0.2, -0.15) is 0 Å². The van der Waals surface area contributed by atoms with Crippen molar-refractivity contribution in [1.82, 2.24) is 0 Å². The number of nitrogens with zero attached hydrogens (tertiary/aromatic N) is 1. The van der Waals surface area contributed by atoms with E-state index in [-0.39, 0.29) is 5.75 Å². The number of hydrogen-bond donors (Lipinski definition) is 1. The van der Waals surface area contributed by atoms with Crippen molar-refractivity contribution < 1.29 is 9.13 Å². The van der Waals surface area contributed by atoms with Gasteiger partial charge in [-0.05, 0) is 22.0 Å². The predicted molar refractivity (Wildman–Crippen MR) is 81.5 cm³/mol. The second-order valence-corrected chi connectivity index (χ2v) is 6.04. The van der Waals surface area contributed by atoms with Gasteiger partial charge in [-0.3, -0.25) is 0 Å². The standard InChI is InChI=1S/C13H14BrFN2OS/c1-17(6-9-3-8(14)7-19-9)12-5-13(18-2)10(15)4-11(12)16/h3-5,7H,6,16H2,1-2H3. The minimum Gasteiger partial charge on any atom is -0.494 e. The molecule has 0 fully saturated rings. The minimum atomic E-state index is -0.448. The van der Waals surface area contributed by atoms with Gasteiger partial charge in [-0.15, -0.1) is 11.3 Å². The number of hydrogen-bond acceptors (Lipinski definition) is 4. The van der Waals surface area contributed by atoms with Crippen LogP contribution >= 0.6 is 27.3 Å². The summed E-state index contributed by atoms with van der Waals surface area (Å²) in [6.07, 6.45) is 0. The van der Waals surface area contributed by atoms with Crippen molar-refractivity contribution in [3.05, 3.63) is 38.7 Å². The van der Waals surface area contributed by atoms with Gasteiger partial charge in [0, 0.05) is 33.9 Å². The van der Waals surface area contributed by atoms with Crippen LogP contribution in [0, 0.1) is 5.82 Å². The highest BCUT2D eigenvalue weighted by Crippen LogP contribution is 2.32. The molecule has 0 amide bonds. The summed E-state index contributed by atoms with van der Waals surface area (Å²) in [6.45, 7) is 0.704. The fraction of sp³-hybridized carbons (Fsp3) is 0.231. The normalized spacial score (nSPS) is 10.5. The van der Waals surface area contributed by atoms with Gasteiger partial charge in [0.15, 0.2) is 11.6 Å². The Labute approximate surface area is 123 Å². The van der Waals surface area contributed by atoms with E-state index in [1.54, 1.807) is 17.4 Å². The molecule has 0 unspecified atom stereocenters. The maximum absolute atomic E-state index is 13.5. The molecule has 0 spiro atoms. The van der Waals surface area contributed by atoms with Crippen LogP contribution in [-0.4, -0.2) is 14.2 Å². The highest BCUT2D eigenvalue weighted by atomic mass is 79.9. The number of rotatable bonds is 4. The van der Waals surface area contributed by atoms with Gasteiger partial charge in [-0.1, -0.05) is 0 Å². The van der Waals surface area contributed by atoms with Gasteiger partial charge in [0.1, 0.15) is 0 Å². The highest BCUT2D eigenvalue weighted by Gasteiger charge is 2.12. The molecule has 2 N–H and O–H groups in total. The Morgan fingerprint density at radius 2 is 2.16 bits per heavy atom. The van der Waals surface area contributed by atoms with Crippen LogP contribution in [0.15, 0.2) is 28.1 Å². The van der Waals surface area contributed by atoms with Crippen LogP contribution < -0.4 is 15.4 Å². The highest BCUT2D eigenvalue weighted by molar-refractivity contribution is 9.10. The fourth-order valence-electron chi connectivity index (χ4n) is 1.80. The van der Waals surface area contributed by atoms with E-state index in [0.29, 0.717) is 12.2 Å². The molecule has 0 atom stereocenters. The third-order valence-corrected chi connectivity index (χ3v) is 4.41. The molecule has 6 heteroatoms. The second kappa shape index (κ2) is 5.79. The average molecular weight is 345 g/mol. The molecule has 0 aliphatic rings. The first-order valence-corrected chi connectivity index (χ1v) is 7.25. The van der Waals surface area contributed by atoms with Crippen molar-refractivity contribution in [3.8, 4) is 5.75 Å². The van der Waals surface area contributed by atoms with E-state index in [0.717, 1.165) is 10.2 Å². The van der Waals surface area contributed by atoms with Crippen LogP contribution in [0.5, 0.6) is 5.75 Å². The van der Waals surface area contributed by atoms with E-state index in [1.165, 1.54) is 18.1 Å². The van der Waals surface area contributed by atoms with E-state index < -0.39 is 5.82 Å². The SMILES string of the molecule is COc1cc(N(C)Cc2cc(Br)cs2)c(N)cc1F. The van der Waals surface area contributed by atoms with Gasteiger partial charge in [0.2, 0.25) is 0 Å². The van der Waals surface area contributed by atoms with Crippen LogP contribution in [0.25, 0.3) is 0 Å². The number of methoxy groups -OCH3 is 1. The number of ether oxygens (including phenoxy) is 1. The van der Waals surface area contributed by atoms with Crippen molar-refractivity contribution in [2.24, 2.45) is 0 Å². The molecular formula is C13H14BrFN2OS. The first-order chi connectivity index (χ1) is 9.01. The molecule has 0 aliphatic heterocycles. The first-order valence-electron chi connectivity index (χ1n) is 5.58. The number of thiophene rings is 1. The third-order valence-electron chi connectivity index (χ3n) is 2.73. The van der Waals surface area contributed by atoms with Gasteiger partial charge in [-0.25, -0.2) is 4.39 Å². The van der Waals surface area contributed by atoms with E-state index in [1.807, 2.05) is 17.3 Å². The molecule has 19 heavy (non-hydrogen) atoms. The first kappa shape index (κ1) is 14.1. The molecule has 1 aromatic heterocycles. The molecule has 2 aromatic rings. The van der Waals surface area contributed by atoms with Gasteiger partial charge in [0.05, 0.1) is 25.0 Å². The Morgan fingerprint density at radius 1 is 1.42 bits per heavy atom. The van der Waals surface area contributed by atoms with Gasteiger partial charge in [0.25, 0.3) is 0 Å². The minimum absolute atomic E-state index is 0.198. The Hall–Kier alpha value is -1.27. The number of halogens is 2. The Morgan fingerprint density at radius 3 is 2.74 bits per heavy atom. The smallest absolute Gasteiger partial charge is 0.167 e. The van der Waals surface area contributed by atoms with Crippen molar-refractivity contribution in [2.45, 2.75) is 6.54 Å². The zero-order valence-corrected chi connectivity index (χ0v) is 13.0. The molecule has 1 heterocycles. The van der Waals surface area contributed by atoms with Crippen LogP contribution in [-0.2, 0) is 6.54 Å². The lowest BCUT2D eigenvalue weighted by atomic mass is 10.2. The van der Waals surface area contributed by atoms with E-state index in [2.05, 4.69) is 22.0 Å². The van der Waals surface area contributed by atoms with Crippen molar-refractivity contribution >= 4 is 38.6 Å². The second-order valence-electron chi connectivity index (χ2n) is 4.13. The van der Waals surface area contributed by atoms with E-state index in [4.69, 9.17) is 10.5 Å². The predicted octanol–water partition coefficient (Wildman–Crippen LogP) is 3.88. The van der Waals surface area contributed by atoms with Gasteiger partial charge < -0.3 is 15.4 Å². The summed E-state index contributed by atoms with van der Waals surface area (Å²) in [5.41, 5.74) is 7.01. The molecule has 0 saturated heterocycles. The van der Waals surface area contributed by atoms with Crippen molar-refractivity contribution in [2.75, 3.05) is 24.8 Å². The molecule has 102 valence electrons. The summed E-state index contributed by atoms with van der Waals surface area (Å²) in [6, 6.07) is 4.96. The van der Waals surface area contributed by atoms with Crippen LogP contribution in [0.1, 0.15) is 4.88 Å².